The Balaban J connectivity index is 2.23. The minimum atomic E-state index is -4.59. The number of anilines is 1. The monoisotopic (exact) mass is 404 g/mol. The van der Waals surface area contributed by atoms with Crippen LogP contribution in [0, 0.1) is 0 Å². The Morgan fingerprint density at radius 1 is 1.46 bits per heavy atom. The highest BCUT2D eigenvalue weighted by Crippen LogP contribution is 2.34. The minimum absolute atomic E-state index is 0.202. The van der Waals surface area contributed by atoms with Gasteiger partial charge in [0.05, 0.1) is 4.47 Å². The number of nitrogens with zero attached hydrogens (tertiary/aromatic N) is 2. The van der Waals surface area contributed by atoms with Crippen LogP contribution in [0.25, 0.3) is 0 Å². The molecule has 1 heterocycles. The average Bonchev–Trinajstić information content (AvgIpc) is 2.90. The van der Waals surface area contributed by atoms with E-state index < -0.39 is 23.8 Å². The second kappa shape index (κ2) is 7.35. The van der Waals surface area contributed by atoms with Crippen molar-refractivity contribution in [1.82, 2.24) is 9.78 Å². The summed E-state index contributed by atoms with van der Waals surface area (Å²) in [5.41, 5.74) is 5.86. The summed E-state index contributed by atoms with van der Waals surface area (Å²) in [6, 6.07) is 6.09. The Morgan fingerprint density at radius 3 is 2.71 bits per heavy atom. The largest absolute Gasteiger partial charge is 0.436 e. The van der Waals surface area contributed by atoms with Crippen LogP contribution in [0.4, 0.5) is 18.9 Å². The van der Waals surface area contributed by atoms with Crippen molar-refractivity contribution in [2.45, 2.75) is 32.1 Å². The number of carbonyl (C=O) groups is 1. The SMILES string of the molecule is CC[C@H](C(=O)Nc1cccc(CN)c1)n1cc(Br)c(C(F)(F)F)n1. The van der Waals surface area contributed by atoms with Gasteiger partial charge in [-0.1, -0.05) is 19.1 Å². The van der Waals surface area contributed by atoms with Gasteiger partial charge >= 0.3 is 6.18 Å². The van der Waals surface area contributed by atoms with Crippen LogP contribution in [0.3, 0.4) is 0 Å². The molecule has 130 valence electrons. The highest BCUT2D eigenvalue weighted by molar-refractivity contribution is 9.10. The first-order chi connectivity index (χ1) is 11.3. The second-order valence-electron chi connectivity index (χ2n) is 5.12. The summed E-state index contributed by atoms with van der Waals surface area (Å²) in [7, 11) is 0. The smallest absolute Gasteiger partial charge is 0.326 e. The molecule has 2 rings (SSSR count). The molecule has 1 aromatic carbocycles. The van der Waals surface area contributed by atoms with Crippen LogP contribution in [-0.4, -0.2) is 15.7 Å². The molecule has 0 spiro atoms. The summed E-state index contributed by atoms with van der Waals surface area (Å²) in [6.07, 6.45) is -3.14. The Morgan fingerprint density at radius 2 is 2.17 bits per heavy atom. The van der Waals surface area contributed by atoms with Crippen LogP contribution in [0.5, 0.6) is 0 Å². The first-order valence-corrected chi connectivity index (χ1v) is 7.97. The second-order valence-corrected chi connectivity index (χ2v) is 5.98. The van der Waals surface area contributed by atoms with Gasteiger partial charge in [-0.3, -0.25) is 9.48 Å². The van der Waals surface area contributed by atoms with E-state index in [1.807, 2.05) is 6.07 Å². The molecule has 24 heavy (non-hydrogen) atoms. The van der Waals surface area contributed by atoms with Gasteiger partial charge in [0, 0.05) is 18.4 Å². The molecular formula is C15H16BrF3N4O. The molecule has 0 bridgehead atoms. The maximum Gasteiger partial charge on any atom is 0.436 e. The van der Waals surface area contributed by atoms with Crippen molar-refractivity contribution in [3.63, 3.8) is 0 Å². The normalized spacial score (nSPS) is 12.9. The number of benzene rings is 1. The third-order valence-electron chi connectivity index (χ3n) is 3.39. The van der Waals surface area contributed by atoms with Gasteiger partial charge in [0.15, 0.2) is 5.69 Å². The number of carbonyl (C=O) groups excluding carboxylic acids is 1. The van der Waals surface area contributed by atoms with Gasteiger partial charge in [-0.2, -0.15) is 18.3 Å². The van der Waals surface area contributed by atoms with E-state index in [1.54, 1.807) is 25.1 Å². The summed E-state index contributed by atoms with van der Waals surface area (Å²) < 4.78 is 39.3. The summed E-state index contributed by atoms with van der Waals surface area (Å²) in [6.45, 7) is 2.02. The molecule has 0 saturated carbocycles. The lowest BCUT2D eigenvalue weighted by Gasteiger charge is -2.16. The van der Waals surface area contributed by atoms with Crippen LogP contribution in [0.1, 0.15) is 30.6 Å². The van der Waals surface area contributed by atoms with Gasteiger partial charge in [0.1, 0.15) is 6.04 Å². The molecule has 1 atom stereocenters. The molecule has 0 radical (unpaired) electrons. The van der Waals surface area contributed by atoms with Gasteiger partial charge in [-0.25, -0.2) is 0 Å². The quantitative estimate of drug-likeness (QED) is 0.797. The number of nitrogens with one attached hydrogen (secondary N) is 1. The van der Waals surface area contributed by atoms with Gasteiger partial charge in [0.2, 0.25) is 5.91 Å². The molecule has 3 N–H and O–H groups in total. The molecule has 0 aliphatic carbocycles. The summed E-state index contributed by atoms with van der Waals surface area (Å²) in [5.74, 6) is -0.449. The molecule has 0 fully saturated rings. The van der Waals surface area contributed by atoms with Crippen LogP contribution in [0.2, 0.25) is 0 Å². The maximum absolute atomic E-state index is 12.8. The van der Waals surface area contributed by atoms with Crippen molar-refractivity contribution in [1.29, 1.82) is 0 Å². The fourth-order valence-corrected chi connectivity index (χ4v) is 2.73. The predicted octanol–water partition coefficient (Wildman–Crippen LogP) is 3.71. The van der Waals surface area contributed by atoms with E-state index in [0.29, 0.717) is 12.2 Å². The van der Waals surface area contributed by atoms with E-state index in [-0.39, 0.29) is 10.9 Å². The molecule has 0 aliphatic heterocycles. The maximum atomic E-state index is 12.8. The molecule has 2 aromatic rings. The first-order valence-electron chi connectivity index (χ1n) is 7.18. The topological polar surface area (TPSA) is 72.9 Å². The molecule has 5 nitrogen and oxygen atoms in total. The van der Waals surface area contributed by atoms with Crippen LogP contribution in [-0.2, 0) is 17.5 Å². The lowest BCUT2D eigenvalue weighted by Crippen LogP contribution is -2.26. The lowest BCUT2D eigenvalue weighted by atomic mass is 10.1. The number of hydrogen-bond acceptors (Lipinski definition) is 3. The molecule has 0 unspecified atom stereocenters. The van der Waals surface area contributed by atoms with Crippen molar-refractivity contribution in [3.05, 3.63) is 46.2 Å². The first kappa shape index (κ1) is 18.5. The van der Waals surface area contributed by atoms with E-state index in [2.05, 4.69) is 26.3 Å². The molecular weight excluding hydrogens is 389 g/mol. The van der Waals surface area contributed by atoms with Crippen LogP contribution >= 0.6 is 15.9 Å². The van der Waals surface area contributed by atoms with Crippen molar-refractivity contribution >= 4 is 27.5 Å². The Hall–Kier alpha value is -1.87. The zero-order chi connectivity index (χ0) is 17.9. The third kappa shape index (κ3) is 4.15. The minimum Gasteiger partial charge on any atom is -0.326 e. The van der Waals surface area contributed by atoms with Crippen LogP contribution in [0.15, 0.2) is 34.9 Å². The van der Waals surface area contributed by atoms with Crippen molar-refractivity contribution in [2.24, 2.45) is 5.73 Å². The zero-order valence-corrected chi connectivity index (χ0v) is 14.4. The standard InChI is InChI=1S/C15H16BrF3N4O/c1-2-12(23-8-11(16)13(22-23)15(17,18)19)14(24)21-10-5-3-4-9(6-10)7-20/h3-6,8,12H,2,7,20H2,1H3,(H,21,24)/t12-/m1/s1. The predicted molar refractivity (Wildman–Crippen MR) is 87.2 cm³/mol. The average molecular weight is 405 g/mol. The lowest BCUT2D eigenvalue weighted by molar-refractivity contribution is -0.142. The number of nitrogens with two attached hydrogens (primary N) is 1. The molecule has 1 aromatic heterocycles. The Kier molecular flexibility index (Phi) is 5.66. The summed E-state index contributed by atoms with van der Waals surface area (Å²) in [4.78, 5) is 12.4. The van der Waals surface area contributed by atoms with Crippen molar-refractivity contribution in [2.75, 3.05) is 5.32 Å². The van der Waals surface area contributed by atoms with Gasteiger partial charge < -0.3 is 11.1 Å². The number of halogens is 4. The van der Waals surface area contributed by atoms with E-state index in [0.717, 1.165) is 16.4 Å². The molecule has 0 saturated heterocycles. The van der Waals surface area contributed by atoms with Gasteiger partial charge in [-0.05, 0) is 40.0 Å². The fraction of sp³-hybridized carbons (Fsp3) is 0.333. The van der Waals surface area contributed by atoms with Crippen molar-refractivity contribution in [3.8, 4) is 0 Å². The molecule has 1 amide bonds. The van der Waals surface area contributed by atoms with E-state index in [1.165, 1.54) is 0 Å². The number of rotatable bonds is 5. The van der Waals surface area contributed by atoms with E-state index >= 15 is 0 Å². The fourth-order valence-electron chi connectivity index (χ4n) is 2.22. The van der Waals surface area contributed by atoms with Crippen LogP contribution < -0.4 is 11.1 Å². The van der Waals surface area contributed by atoms with E-state index in [9.17, 15) is 18.0 Å². The molecule has 9 heteroatoms. The highest BCUT2D eigenvalue weighted by Gasteiger charge is 2.37. The number of amides is 1. The van der Waals surface area contributed by atoms with E-state index in [4.69, 9.17) is 5.73 Å². The Bertz CT molecular complexity index is 730. The molecule has 0 aliphatic rings. The zero-order valence-electron chi connectivity index (χ0n) is 12.8. The van der Waals surface area contributed by atoms with Crippen molar-refractivity contribution < 1.29 is 18.0 Å². The Labute approximate surface area is 145 Å². The number of aromatic nitrogens is 2. The van der Waals surface area contributed by atoms with Gasteiger partial charge in [-0.15, -0.1) is 0 Å². The van der Waals surface area contributed by atoms with Gasteiger partial charge in [0.25, 0.3) is 0 Å². The summed E-state index contributed by atoms with van der Waals surface area (Å²) >= 11 is 2.84. The summed E-state index contributed by atoms with van der Waals surface area (Å²) in [5, 5.41) is 6.19. The third-order valence-corrected chi connectivity index (χ3v) is 3.98. The highest BCUT2D eigenvalue weighted by atomic mass is 79.9. The number of alkyl halides is 3. The number of hydrogen-bond donors (Lipinski definition) is 2.